The van der Waals surface area contributed by atoms with Crippen molar-refractivity contribution in [1.29, 1.82) is 0 Å². The number of likely N-dealkylation sites (tertiary alicyclic amines) is 1. The van der Waals surface area contributed by atoms with Crippen LogP contribution in [0, 0.1) is 6.92 Å². The third-order valence-corrected chi connectivity index (χ3v) is 5.91. The van der Waals surface area contributed by atoms with Crippen LogP contribution in [0.1, 0.15) is 66.1 Å². The Morgan fingerprint density at radius 3 is 2.50 bits per heavy atom. The molecule has 6 heteroatoms. The van der Waals surface area contributed by atoms with Gasteiger partial charge >= 0.3 is 6.18 Å². The standard InChI is InChI=1S/C20H27F3N2O/c1-3-14-13(2)16(20(21,22)23)10-9-15(14)19(26)24-17-7-6-8-18(17)25-11-4-5-12-25/h9-10,17-18H,3-8,11-12H2,1-2H3,(H,24,26). The zero-order chi connectivity index (χ0) is 18.9. The van der Waals surface area contributed by atoms with Gasteiger partial charge in [0.25, 0.3) is 5.91 Å². The van der Waals surface area contributed by atoms with Crippen LogP contribution in [-0.4, -0.2) is 36.0 Å². The molecule has 2 atom stereocenters. The summed E-state index contributed by atoms with van der Waals surface area (Å²) in [4.78, 5) is 15.3. The Labute approximate surface area is 152 Å². The van der Waals surface area contributed by atoms with Gasteiger partial charge in [0.1, 0.15) is 0 Å². The molecular formula is C20H27F3N2O. The van der Waals surface area contributed by atoms with Gasteiger partial charge in [0.2, 0.25) is 0 Å². The fraction of sp³-hybridized carbons (Fsp3) is 0.650. The Bertz CT molecular complexity index is 666. The van der Waals surface area contributed by atoms with Gasteiger partial charge in [-0.15, -0.1) is 0 Å². The molecule has 2 aliphatic rings. The molecule has 3 rings (SSSR count). The van der Waals surface area contributed by atoms with Crippen LogP contribution in [0.4, 0.5) is 13.2 Å². The van der Waals surface area contributed by atoms with Crippen molar-refractivity contribution in [2.75, 3.05) is 13.1 Å². The van der Waals surface area contributed by atoms with E-state index in [1.807, 2.05) is 0 Å². The van der Waals surface area contributed by atoms with Crippen LogP contribution in [0.5, 0.6) is 0 Å². The van der Waals surface area contributed by atoms with E-state index in [0.29, 0.717) is 23.6 Å². The zero-order valence-corrected chi connectivity index (χ0v) is 15.5. The highest BCUT2D eigenvalue weighted by Gasteiger charge is 2.36. The zero-order valence-electron chi connectivity index (χ0n) is 15.5. The van der Waals surface area contributed by atoms with E-state index in [2.05, 4.69) is 10.2 Å². The van der Waals surface area contributed by atoms with E-state index in [1.54, 1.807) is 6.92 Å². The summed E-state index contributed by atoms with van der Waals surface area (Å²) in [5.41, 5.74) is 0.384. The van der Waals surface area contributed by atoms with Gasteiger partial charge in [-0.05, 0) is 81.8 Å². The molecule has 3 nitrogen and oxygen atoms in total. The lowest BCUT2D eigenvalue weighted by molar-refractivity contribution is -0.138. The van der Waals surface area contributed by atoms with Gasteiger partial charge in [0, 0.05) is 17.6 Å². The average molecular weight is 368 g/mol. The number of nitrogens with one attached hydrogen (secondary N) is 1. The first-order valence-electron chi connectivity index (χ1n) is 9.57. The second kappa shape index (κ2) is 7.59. The van der Waals surface area contributed by atoms with Gasteiger partial charge in [-0.25, -0.2) is 0 Å². The molecule has 1 saturated heterocycles. The lowest BCUT2D eigenvalue weighted by Gasteiger charge is -2.30. The minimum atomic E-state index is -4.39. The van der Waals surface area contributed by atoms with E-state index in [4.69, 9.17) is 0 Å². The minimum Gasteiger partial charge on any atom is -0.348 e. The van der Waals surface area contributed by atoms with Crippen molar-refractivity contribution in [2.24, 2.45) is 0 Å². The Morgan fingerprint density at radius 2 is 1.88 bits per heavy atom. The van der Waals surface area contributed by atoms with E-state index in [1.165, 1.54) is 25.8 Å². The minimum absolute atomic E-state index is 0.0907. The normalized spacial score (nSPS) is 24.2. The molecule has 0 radical (unpaired) electrons. The van der Waals surface area contributed by atoms with Crippen LogP contribution in [0.25, 0.3) is 0 Å². The van der Waals surface area contributed by atoms with Crippen molar-refractivity contribution in [3.05, 3.63) is 34.4 Å². The average Bonchev–Trinajstić information content (AvgIpc) is 3.24. The Kier molecular flexibility index (Phi) is 5.61. The van der Waals surface area contributed by atoms with Crippen LogP contribution in [0.15, 0.2) is 12.1 Å². The second-order valence-corrected chi connectivity index (χ2v) is 7.44. The fourth-order valence-corrected chi connectivity index (χ4v) is 4.60. The Hall–Kier alpha value is -1.56. The van der Waals surface area contributed by atoms with E-state index in [9.17, 15) is 18.0 Å². The molecule has 0 bridgehead atoms. The number of halogens is 3. The first-order valence-corrected chi connectivity index (χ1v) is 9.57. The second-order valence-electron chi connectivity index (χ2n) is 7.44. The van der Waals surface area contributed by atoms with Crippen LogP contribution in [0.2, 0.25) is 0 Å². The largest absolute Gasteiger partial charge is 0.416 e. The molecule has 26 heavy (non-hydrogen) atoms. The molecule has 1 aliphatic carbocycles. The molecule has 1 heterocycles. The molecule has 0 spiro atoms. The molecule has 1 aromatic rings. The summed E-state index contributed by atoms with van der Waals surface area (Å²) in [6.45, 7) is 5.41. The van der Waals surface area contributed by atoms with Crippen molar-refractivity contribution in [1.82, 2.24) is 10.2 Å². The number of carbonyl (C=O) groups excluding carboxylic acids is 1. The molecule has 1 N–H and O–H groups in total. The van der Waals surface area contributed by atoms with Crippen LogP contribution in [-0.2, 0) is 12.6 Å². The lowest BCUT2D eigenvalue weighted by Crippen LogP contribution is -2.48. The number of nitrogens with zero attached hydrogens (tertiary/aromatic N) is 1. The summed E-state index contributed by atoms with van der Waals surface area (Å²) < 4.78 is 39.4. The number of carbonyl (C=O) groups is 1. The van der Waals surface area contributed by atoms with Gasteiger partial charge in [-0.3, -0.25) is 9.69 Å². The van der Waals surface area contributed by atoms with Crippen molar-refractivity contribution < 1.29 is 18.0 Å². The van der Waals surface area contributed by atoms with Crippen molar-refractivity contribution in [3.8, 4) is 0 Å². The SMILES string of the molecule is CCc1c(C(=O)NC2CCCC2N2CCCC2)ccc(C(F)(F)F)c1C. The smallest absolute Gasteiger partial charge is 0.348 e. The third kappa shape index (κ3) is 3.75. The topological polar surface area (TPSA) is 32.3 Å². The van der Waals surface area contributed by atoms with E-state index < -0.39 is 11.7 Å². The van der Waals surface area contributed by atoms with Crippen molar-refractivity contribution >= 4 is 5.91 Å². The lowest BCUT2D eigenvalue weighted by atomic mass is 9.94. The molecule has 1 aromatic carbocycles. The fourth-order valence-electron chi connectivity index (χ4n) is 4.60. The summed E-state index contributed by atoms with van der Waals surface area (Å²) in [6.07, 6.45) is 1.52. The van der Waals surface area contributed by atoms with E-state index >= 15 is 0 Å². The van der Waals surface area contributed by atoms with Crippen LogP contribution in [0.3, 0.4) is 0 Å². The number of hydrogen-bond donors (Lipinski definition) is 1. The van der Waals surface area contributed by atoms with Crippen LogP contribution >= 0.6 is 0 Å². The highest BCUT2D eigenvalue weighted by Crippen LogP contribution is 2.34. The summed E-state index contributed by atoms with van der Waals surface area (Å²) in [6, 6.07) is 2.83. The van der Waals surface area contributed by atoms with Crippen molar-refractivity contribution in [3.63, 3.8) is 0 Å². The molecule has 144 valence electrons. The maximum absolute atomic E-state index is 13.1. The summed E-state index contributed by atoms with van der Waals surface area (Å²) in [7, 11) is 0. The Balaban J connectivity index is 1.80. The highest BCUT2D eigenvalue weighted by atomic mass is 19.4. The summed E-state index contributed by atoms with van der Waals surface area (Å²) in [5, 5.41) is 3.12. The predicted octanol–water partition coefficient (Wildman–Crippen LogP) is 4.32. The van der Waals surface area contributed by atoms with Gasteiger partial charge < -0.3 is 5.32 Å². The first kappa shape index (κ1) is 19.2. The quantitative estimate of drug-likeness (QED) is 0.858. The maximum atomic E-state index is 13.1. The van der Waals surface area contributed by atoms with Gasteiger partial charge in [-0.1, -0.05) is 6.92 Å². The monoisotopic (exact) mass is 368 g/mol. The molecule has 1 saturated carbocycles. The first-order chi connectivity index (χ1) is 12.3. The van der Waals surface area contributed by atoms with Gasteiger partial charge in [0.15, 0.2) is 0 Å². The summed E-state index contributed by atoms with van der Waals surface area (Å²) >= 11 is 0. The molecular weight excluding hydrogens is 341 g/mol. The maximum Gasteiger partial charge on any atom is 0.416 e. The van der Waals surface area contributed by atoms with Crippen LogP contribution < -0.4 is 5.32 Å². The van der Waals surface area contributed by atoms with Gasteiger partial charge in [-0.2, -0.15) is 13.2 Å². The predicted molar refractivity (Wildman–Crippen MR) is 95.3 cm³/mol. The Morgan fingerprint density at radius 1 is 1.19 bits per heavy atom. The third-order valence-electron chi connectivity index (χ3n) is 5.91. The van der Waals surface area contributed by atoms with Gasteiger partial charge in [0.05, 0.1) is 5.56 Å². The van der Waals surface area contributed by atoms with E-state index in [-0.39, 0.29) is 17.5 Å². The molecule has 2 unspecified atom stereocenters. The number of hydrogen-bond acceptors (Lipinski definition) is 2. The molecule has 1 amide bonds. The van der Waals surface area contributed by atoms with Crippen molar-refractivity contribution in [2.45, 2.75) is 70.6 Å². The highest BCUT2D eigenvalue weighted by molar-refractivity contribution is 5.96. The summed E-state index contributed by atoms with van der Waals surface area (Å²) in [5.74, 6) is -0.241. The molecule has 1 aliphatic heterocycles. The number of amides is 1. The van der Waals surface area contributed by atoms with E-state index in [0.717, 1.165) is 38.4 Å². The number of rotatable bonds is 4. The molecule has 2 fully saturated rings. The number of benzene rings is 1. The number of alkyl halides is 3. The molecule has 0 aromatic heterocycles.